The van der Waals surface area contributed by atoms with Crippen molar-refractivity contribution in [1.82, 2.24) is 19.5 Å². The summed E-state index contributed by atoms with van der Waals surface area (Å²) in [7, 11) is -3.51. The molecule has 0 bridgehead atoms. The summed E-state index contributed by atoms with van der Waals surface area (Å²) in [5.74, 6) is -1.23. The molecule has 40 heavy (non-hydrogen) atoms. The average molecular weight is 607 g/mol. The summed E-state index contributed by atoms with van der Waals surface area (Å²) in [6.07, 6.45) is 0.0480. The topological polar surface area (TPSA) is 115 Å². The van der Waals surface area contributed by atoms with Crippen molar-refractivity contribution in [3.8, 4) is 17.1 Å². The summed E-state index contributed by atoms with van der Waals surface area (Å²) in [5.41, 5.74) is 0.963. The van der Waals surface area contributed by atoms with Crippen molar-refractivity contribution in [2.75, 3.05) is 6.26 Å². The van der Waals surface area contributed by atoms with E-state index in [9.17, 15) is 31.5 Å². The fourth-order valence-electron chi connectivity index (χ4n) is 4.61. The molecule has 206 valence electrons. The van der Waals surface area contributed by atoms with Gasteiger partial charge in [0.1, 0.15) is 10.7 Å². The molecule has 8 nitrogen and oxygen atoms in total. The van der Waals surface area contributed by atoms with Gasteiger partial charge in [-0.05, 0) is 48.6 Å². The Bertz CT molecular complexity index is 2000. The summed E-state index contributed by atoms with van der Waals surface area (Å²) >= 11 is 7.17. The van der Waals surface area contributed by atoms with Crippen LogP contribution in [0.15, 0.2) is 52.4 Å². The Morgan fingerprint density at radius 3 is 2.48 bits per heavy atom. The van der Waals surface area contributed by atoms with Crippen LogP contribution >= 0.6 is 22.9 Å². The molecule has 1 aliphatic carbocycles. The zero-order valence-corrected chi connectivity index (χ0v) is 22.9. The fourth-order valence-corrected chi connectivity index (χ4v) is 6.59. The summed E-state index contributed by atoms with van der Waals surface area (Å²) in [6.45, 7) is -0.204. The van der Waals surface area contributed by atoms with Gasteiger partial charge in [0.2, 0.25) is 5.82 Å². The first kappa shape index (κ1) is 26.7. The van der Waals surface area contributed by atoms with Crippen LogP contribution < -0.4 is 5.56 Å². The molecular formula is C26H18ClF3N4O4S2. The van der Waals surface area contributed by atoms with Crippen molar-refractivity contribution in [3.63, 3.8) is 0 Å². The van der Waals surface area contributed by atoms with Crippen LogP contribution in [0.2, 0.25) is 5.02 Å². The third-order valence-electron chi connectivity index (χ3n) is 6.70. The second-order valence-corrected chi connectivity index (χ2v) is 13.0. The first-order valence-corrected chi connectivity index (χ1v) is 15.0. The Hall–Kier alpha value is -3.55. The minimum atomic E-state index is -4.72. The maximum absolute atomic E-state index is 14.0. The number of phenolic OH excluding ortho intramolecular Hbond substituents is 1. The summed E-state index contributed by atoms with van der Waals surface area (Å²) in [5, 5.41) is 11.3. The van der Waals surface area contributed by atoms with Crippen LogP contribution in [0, 0.1) is 0 Å². The van der Waals surface area contributed by atoms with Gasteiger partial charge in [0.05, 0.1) is 26.5 Å². The van der Waals surface area contributed by atoms with Gasteiger partial charge in [-0.2, -0.15) is 13.2 Å². The predicted molar refractivity (Wildman–Crippen MR) is 145 cm³/mol. The Morgan fingerprint density at radius 1 is 1.15 bits per heavy atom. The molecule has 3 heterocycles. The molecule has 1 N–H and O–H groups in total. The number of sulfone groups is 1. The van der Waals surface area contributed by atoms with Crippen LogP contribution in [0.4, 0.5) is 13.2 Å². The number of phenols is 1. The molecule has 1 saturated carbocycles. The molecule has 0 atom stereocenters. The Kier molecular flexibility index (Phi) is 6.16. The van der Waals surface area contributed by atoms with E-state index in [4.69, 9.17) is 16.6 Å². The number of alkyl halides is 3. The van der Waals surface area contributed by atoms with Crippen LogP contribution in [-0.2, 0) is 22.6 Å². The van der Waals surface area contributed by atoms with Crippen molar-refractivity contribution in [2.45, 2.75) is 36.4 Å². The Balaban J connectivity index is 1.62. The molecule has 0 unspecified atom stereocenters. The highest BCUT2D eigenvalue weighted by atomic mass is 35.5. The van der Waals surface area contributed by atoms with Gasteiger partial charge >= 0.3 is 6.18 Å². The second-order valence-electron chi connectivity index (χ2n) is 9.59. The van der Waals surface area contributed by atoms with Crippen LogP contribution in [-0.4, -0.2) is 39.3 Å². The molecule has 0 saturated heterocycles. The van der Waals surface area contributed by atoms with E-state index >= 15 is 0 Å². The van der Waals surface area contributed by atoms with Crippen molar-refractivity contribution in [2.24, 2.45) is 0 Å². The van der Waals surface area contributed by atoms with Crippen molar-refractivity contribution in [1.29, 1.82) is 0 Å². The largest absolute Gasteiger partial charge is 0.505 e. The maximum atomic E-state index is 14.0. The smallest absolute Gasteiger partial charge is 0.451 e. The maximum Gasteiger partial charge on any atom is 0.451 e. The Morgan fingerprint density at radius 2 is 1.85 bits per heavy atom. The number of hydrogen-bond acceptors (Lipinski definition) is 8. The van der Waals surface area contributed by atoms with Gasteiger partial charge in [0.25, 0.3) is 5.56 Å². The molecule has 2 aromatic carbocycles. The minimum Gasteiger partial charge on any atom is -0.505 e. The molecule has 14 heteroatoms. The number of hydrogen-bond donors (Lipinski definition) is 1. The standard InChI is InChI=1S/C26H18ClF3N4O4S2/c1-40(37,38)14-4-5-15(17(8-14)13-2-3-13)22-33-23-19(16-6-7-18(27)20(35)21(16)39-23)24(36)34(22)11-12-9-31-25(32-10-12)26(28,29)30/h4-10,13,35H,2-3,11H2,1H3. The molecule has 0 spiro atoms. The van der Waals surface area contributed by atoms with E-state index in [0.717, 1.165) is 42.8 Å². The molecule has 0 amide bonds. The number of rotatable bonds is 5. The van der Waals surface area contributed by atoms with Crippen molar-refractivity contribution >= 4 is 53.1 Å². The number of benzene rings is 2. The van der Waals surface area contributed by atoms with Gasteiger partial charge in [0, 0.05) is 35.2 Å². The first-order chi connectivity index (χ1) is 18.8. The van der Waals surface area contributed by atoms with E-state index in [0.29, 0.717) is 26.0 Å². The number of halogens is 4. The lowest BCUT2D eigenvalue weighted by Gasteiger charge is -2.16. The lowest BCUT2D eigenvalue weighted by Crippen LogP contribution is -2.24. The number of fused-ring (bicyclic) bond motifs is 3. The van der Waals surface area contributed by atoms with Gasteiger partial charge < -0.3 is 5.11 Å². The molecule has 3 aromatic heterocycles. The van der Waals surface area contributed by atoms with E-state index in [2.05, 4.69) is 9.97 Å². The average Bonchev–Trinajstić information content (AvgIpc) is 3.67. The molecule has 6 rings (SSSR count). The lowest BCUT2D eigenvalue weighted by molar-refractivity contribution is -0.145. The van der Waals surface area contributed by atoms with Gasteiger partial charge in [-0.3, -0.25) is 9.36 Å². The summed E-state index contributed by atoms with van der Waals surface area (Å²) in [4.78, 5) is 26.1. The zero-order chi connectivity index (χ0) is 28.6. The molecule has 5 aromatic rings. The minimum absolute atomic E-state index is 0.0670. The number of aromatic nitrogens is 4. The van der Waals surface area contributed by atoms with Gasteiger partial charge in [0.15, 0.2) is 15.6 Å². The zero-order valence-electron chi connectivity index (χ0n) is 20.5. The normalized spacial score (nSPS) is 14.3. The van der Waals surface area contributed by atoms with Crippen LogP contribution in [0.25, 0.3) is 31.7 Å². The SMILES string of the molecule is CS(=O)(=O)c1ccc(-c2nc3sc4c(O)c(Cl)ccc4c3c(=O)n2Cc2cnc(C(F)(F)F)nc2)c(C2CC2)c1. The monoisotopic (exact) mass is 606 g/mol. The van der Waals surface area contributed by atoms with Crippen LogP contribution in [0.5, 0.6) is 5.75 Å². The van der Waals surface area contributed by atoms with Crippen LogP contribution in [0.3, 0.4) is 0 Å². The predicted octanol–water partition coefficient (Wildman–Crippen LogP) is 5.78. The number of aromatic hydroxyl groups is 1. The third kappa shape index (κ3) is 4.61. The second kappa shape index (κ2) is 9.25. The van der Waals surface area contributed by atoms with Crippen molar-refractivity contribution in [3.05, 3.63) is 75.1 Å². The van der Waals surface area contributed by atoms with Gasteiger partial charge in [-0.1, -0.05) is 17.7 Å². The highest BCUT2D eigenvalue weighted by Gasteiger charge is 2.34. The molecule has 1 fully saturated rings. The number of thiophene rings is 1. The fraction of sp³-hybridized carbons (Fsp3) is 0.231. The lowest BCUT2D eigenvalue weighted by atomic mass is 10.0. The van der Waals surface area contributed by atoms with Crippen LogP contribution in [0.1, 0.15) is 35.7 Å². The quantitative estimate of drug-likeness (QED) is 0.270. The Labute approximate surface area is 233 Å². The molecular weight excluding hydrogens is 589 g/mol. The van der Waals surface area contributed by atoms with Gasteiger partial charge in [-0.25, -0.2) is 23.4 Å². The summed E-state index contributed by atoms with van der Waals surface area (Å²) in [6, 6.07) is 7.68. The van der Waals surface area contributed by atoms with E-state index in [1.165, 1.54) is 16.7 Å². The first-order valence-electron chi connectivity index (χ1n) is 11.9. The van der Waals surface area contributed by atoms with E-state index < -0.39 is 27.4 Å². The van der Waals surface area contributed by atoms with Gasteiger partial charge in [-0.15, -0.1) is 11.3 Å². The van der Waals surface area contributed by atoms with E-state index in [1.54, 1.807) is 18.2 Å². The van der Waals surface area contributed by atoms with Crippen molar-refractivity contribution < 1.29 is 26.7 Å². The highest BCUT2D eigenvalue weighted by molar-refractivity contribution is 7.90. The highest BCUT2D eigenvalue weighted by Crippen LogP contribution is 2.46. The van der Waals surface area contributed by atoms with E-state index in [1.807, 2.05) is 0 Å². The molecule has 0 radical (unpaired) electrons. The molecule has 1 aliphatic rings. The molecule has 0 aliphatic heterocycles. The number of nitrogens with zero attached hydrogens (tertiary/aromatic N) is 4. The summed E-state index contributed by atoms with van der Waals surface area (Å²) < 4.78 is 65.3. The third-order valence-corrected chi connectivity index (χ3v) is 9.22. The van der Waals surface area contributed by atoms with E-state index in [-0.39, 0.29) is 44.9 Å².